The Kier molecular flexibility index (Phi) is 4.19. The highest BCUT2D eigenvalue weighted by Gasteiger charge is 2.19. The maximum Gasteiger partial charge on any atom is 0.197 e. The Labute approximate surface area is 97.1 Å². The number of carbonyl (C=O) groups is 1. The number of hydrogen-bond donors (Lipinski definition) is 1. The Balaban J connectivity index is 2.55. The van der Waals surface area contributed by atoms with Crippen molar-refractivity contribution in [3.05, 3.63) is 30.1 Å². The monoisotopic (exact) mass is 220 g/mol. The summed E-state index contributed by atoms with van der Waals surface area (Å²) >= 11 is 0. The van der Waals surface area contributed by atoms with Crippen molar-refractivity contribution in [2.24, 2.45) is 11.1 Å². The van der Waals surface area contributed by atoms with Crippen LogP contribution in [0.2, 0.25) is 0 Å². The summed E-state index contributed by atoms with van der Waals surface area (Å²) in [5.74, 6) is -0.0650. The van der Waals surface area contributed by atoms with E-state index in [9.17, 15) is 4.79 Å². The topological polar surface area (TPSA) is 56.0 Å². The van der Waals surface area contributed by atoms with Crippen LogP contribution in [0.15, 0.2) is 24.4 Å². The highest BCUT2D eigenvalue weighted by molar-refractivity contribution is 5.98. The van der Waals surface area contributed by atoms with Crippen LogP contribution < -0.4 is 5.73 Å². The predicted molar refractivity (Wildman–Crippen MR) is 65.2 cm³/mol. The molecule has 2 N–H and O–H groups in total. The zero-order valence-electron chi connectivity index (χ0n) is 10.2. The molecule has 1 aromatic heterocycles. The van der Waals surface area contributed by atoms with Gasteiger partial charge in [-0.1, -0.05) is 26.8 Å². The van der Waals surface area contributed by atoms with Gasteiger partial charge < -0.3 is 5.73 Å². The van der Waals surface area contributed by atoms with Crippen molar-refractivity contribution in [3.63, 3.8) is 0 Å². The van der Waals surface area contributed by atoms with Crippen LogP contribution in [-0.2, 0) is 0 Å². The lowest BCUT2D eigenvalue weighted by Crippen LogP contribution is -2.32. The van der Waals surface area contributed by atoms with E-state index in [1.807, 2.05) is 0 Å². The number of aromatic nitrogens is 1. The molecule has 0 aliphatic heterocycles. The normalized spacial score (nSPS) is 13.5. The van der Waals surface area contributed by atoms with Crippen molar-refractivity contribution in [3.8, 4) is 0 Å². The molecule has 0 bridgehead atoms. The molecule has 0 radical (unpaired) electrons. The zero-order valence-corrected chi connectivity index (χ0v) is 10.2. The minimum Gasteiger partial charge on any atom is -0.321 e. The zero-order chi connectivity index (χ0) is 12.2. The molecule has 16 heavy (non-hydrogen) atoms. The van der Waals surface area contributed by atoms with Crippen molar-refractivity contribution in [1.82, 2.24) is 4.98 Å². The maximum atomic E-state index is 11.9. The van der Waals surface area contributed by atoms with Crippen LogP contribution in [0.1, 0.15) is 44.1 Å². The average Bonchev–Trinajstić information content (AvgIpc) is 2.25. The Bertz CT molecular complexity index is 341. The molecular formula is C13H20N2O. The third kappa shape index (κ3) is 4.11. The van der Waals surface area contributed by atoms with Gasteiger partial charge in [-0.25, -0.2) is 0 Å². The van der Waals surface area contributed by atoms with Crippen LogP contribution in [-0.4, -0.2) is 16.8 Å². The van der Waals surface area contributed by atoms with E-state index in [4.69, 9.17) is 5.73 Å². The van der Waals surface area contributed by atoms with Crippen LogP contribution in [0.3, 0.4) is 0 Å². The van der Waals surface area contributed by atoms with Gasteiger partial charge in [0.25, 0.3) is 0 Å². The standard InChI is InChI=1S/C13H20N2O/c1-13(2,3)8-7-10(14)12(16)11-6-4-5-9-15-11/h4-6,9-10H,7-8,14H2,1-3H3. The van der Waals surface area contributed by atoms with Crippen LogP contribution in [0.4, 0.5) is 0 Å². The summed E-state index contributed by atoms with van der Waals surface area (Å²) in [4.78, 5) is 15.9. The largest absolute Gasteiger partial charge is 0.321 e. The Morgan fingerprint density at radius 2 is 2.12 bits per heavy atom. The Hall–Kier alpha value is -1.22. The molecular weight excluding hydrogens is 200 g/mol. The van der Waals surface area contributed by atoms with Gasteiger partial charge in [0.05, 0.1) is 6.04 Å². The molecule has 0 saturated heterocycles. The van der Waals surface area contributed by atoms with Crippen molar-refractivity contribution in [1.29, 1.82) is 0 Å². The first kappa shape index (κ1) is 12.8. The molecule has 0 fully saturated rings. The molecule has 0 aliphatic rings. The highest BCUT2D eigenvalue weighted by Crippen LogP contribution is 2.21. The minimum atomic E-state index is -0.436. The van der Waals surface area contributed by atoms with Gasteiger partial charge in [0.1, 0.15) is 5.69 Å². The molecule has 0 spiro atoms. The third-order valence-corrected chi connectivity index (χ3v) is 2.46. The molecule has 3 nitrogen and oxygen atoms in total. The maximum absolute atomic E-state index is 11.9. The number of carbonyl (C=O) groups excluding carboxylic acids is 1. The summed E-state index contributed by atoms with van der Waals surface area (Å²) in [6, 6.07) is 4.86. The van der Waals surface area contributed by atoms with E-state index in [0.717, 1.165) is 6.42 Å². The SMILES string of the molecule is CC(C)(C)CCC(N)C(=O)c1ccccn1. The second-order valence-corrected chi connectivity index (χ2v) is 5.29. The number of nitrogens with zero attached hydrogens (tertiary/aromatic N) is 1. The van der Waals surface area contributed by atoms with Crippen LogP contribution >= 0.6 is 0 Å². The fraction of sp³-hybridized carbons (Fsp3) is 0.538. The van der Waals surface area contributed by atoms with E-state index in [0.29, 0.717) is 12.1 Å². The van der Waals surface area contributed by atoms with Gasteiger partial charge in [-0.15, -0.1) is 0 Å². The van der Waals surface area contributed by atoms with Crippen LogP contribution in [0, 0.1) is 5.41 Å². The van der Waals surface area contributed by atoms with Crippen molar-refractivity contribution in [2.75, 3.05) is 0 Å². The van der Waals surface area contributed by atoms with E-state index >= 15 is 0 Å². The molecule has 0 saturated carbocycles. The molecule has 0 amide bonds. The fourth-order valence-electron chi connectivity index (χ4n) is 1.42. The molecule has 1 atom stereocenters. The first-order valence-electron chi connectivity index (χ1n) is 5.61. The molecule has 3 heteroatoms. The molecule has 88 valence electrons. The average molecular weight is 220 g/mol. The van der Waals surface area contributed by atoms with Crippen molar-refractivity contribution in [2.45, 2.75) is 39.7 Å². The minimum absolute atomic E-state index is 0.0650. The van der Waals surface area contributed by atoms with Gasteiger partial charge in [-0.3, -0.25) is 9.78 Å². The van der Waals surface area contributed by atoms with E-state index in [1.165, 1.54) is 0 Å². The van der Waals surface area contributed by atoms with Gasteiger partial charge in [0.15, 0.2) is 5.78 Å². The number of ketones is 1. The van der Waals surface area contributed by atoms with E-state index in [1.54, 1.807) is 24.4 Å². The predicted octanol–water partition coefficient (Wildman–Crippen LogP) is 2.42. The second kappa shape index (κ2) is 5.21. The van der Waals surface area contributed by atoms with Gasteiger partial charge in [0.2, 0.25) is 0 Å². The Morgan fingerprint density at radius 1 is 1.44 bits per heavy atom. The summed E-state index contributed by atoms with van der Waals surface area (Å²) in [7, 11) is 0. The van der Waals surface area contributed by atoms with E-state index in [-0.39, 0.29) is 11.2 Å². The fourth-order valence-corrected chi connectivity index (χ4v) is 1.42. The van der Waals surface area contributed by atoms with Crippen molar-refractivity contribution < 1.29 is 4.79 Å². The molecule has 1 rings (SSSR count). The van der Waals surface area contributed by atoms with Crippen LogP contribution in [0.25, 0.3) is 0 Å². The molecule has 1 heterocycles. The number of Topliss-reactive ketones (excluding diaryl/α,β-unsaturated/α-hetero) is 1. The quantitative estimate of drug-likeness (QED) is 0.793. The summed E-state index contributed by atoms with van der Waals surface area (Å²) in [6.07, 6.45) is 3.26. The Morgan fingerprint density at radius 3 is 2.62 bits per heavy atom. The molecule has 1 aromatic rings. The first-order chi connectivity index (χ1) is 7.40. The van der Waals surface area contributed by atoms with Gasteiger partial charge in [0, 0.05) is 6.20 Å². The lowest BCUT2D eigenvalue weighted by molar-refractivity contribution is 0.0946. The van der Waals surface area contributed by atoms with E-state index in [2.05, 4.69) is 25.8 Å². The second-order valence-electron chi connectivity index (χ2n) is 5.29. The van der Waals surface area contributed by atoms with Gasteiger partial charge in [-0.05, 0) is 30.4 Å². The smallest absolute Gasteiger partial charge is 0.197 e. The van der Waals surface area contributed by atoms with E-state index < -0.39 is 6.04 Å². The molecule has 1 unspecified atom stereocenters. The lowest BCUT2D eigenvalue weighted by Gasteiger charge is -2.20. The molecule has 0 aliphatic carbocycles. The number of rotatable bonds is 4. The summed E-state index contributed by atoms with van der Waals surface area (Å²) in [6.45, 7) is 6.43. The van der Waals surface area contributed by atoms with Crippen molar-refractivity contribution >= 4 is 5.78 Å². The van der Waals surface area contributed by atoms with Gasteiger partial charge >= 0.3 is 0 Å². The highest BCUT2D eigenvalue weighted by atomic mass is 16.1. The summed E-state index contributed by atoms with van der Waals surface area (Å²) in [5, 5.41) is 0. The lowest BCUT2D eigenvalue weighted by atomic mass is 9.88. The number of hydrogen-bond acceptors (Lipinski definition) is 3. The summed E-state index contributed by atoms with van der Waals surface area (Å²) < 4.78 is 0. The summed E-state index contributed by atoms with van der Waals surface area (Å²) in [5.41, 5.74) is 6.54. The van der Waals surface area contributed by atoms with Crippen LogP contribution in [0.5, 0.6) is 0 Å². The van der Waals surface area contributed by atoms with Gasteiger partial charge in [-0.2, -0.15) is 0 Å². The number of nitrogens with two attached hydrogens (primary N) is 1. The number of pyridine rings is 1. The third-order valence-electron chi connectivity index (χ3n) is 2.46. The molecule has 0 aromatic carbocycles. The first-order valence-corrected chi connectivity index (χ1v) is 5.61.